The summed E-state index contributed by atoms with van der Waals surface area (Å²) in [5, 5.41) is 18.1. The van der Waals surface area contributed by atoms with Crippen molar-refractivity contribution in [2.75, 3.05) is 13.1 Å². The van der Waals surface area contributed by atoms with E-state index in [1.165, 1.54) is 0 Å². The van der Waals surface area contributed by atoms with E-state index >= 15 is 0 Å². The zero-order valence-corrected chi connectivity index (χ0v) is 14.6. The van der Waals surface area contributed by atoms with Gasteiger partial charge in [-0.2, -0.15) is 10.2 Å². The normalized spacial score (nSPS) is 18.0. The second kappa shape index (κ2) is 7.13. The molecule has 0 radical (unpaired) electrons. The molecule has 0 spiro atoms. The van der Waals surface area contributed by atoms with E-state index in [-0.39, 0.29) is 11.9 Å². The lowest BCUT2D eigenvalue weighted by atomic mass is 10.0. The molecule has 26 heavy (non-hydrogen) atoms. The van der Waals surface area contributed by atoms with Crippen LogP contribution in [0, 0.1) is 0 Å². The van der Waals surface area contributed by atoms with E-state index in [4.69, 9.17) is 0 Å². The Balaban J connectivity index is 1.56. The standard InChI is InChI=1S/C19H22N6O/c1-25-10-8-15(24-25)18(13-5-3-2-4-6-13)21-19(26)17-11-16(22-23-17)14-7-9-20-12-14/h2-6,8,10-11,14,18,20H,7,9,12H2,1H3,(H,21,26)(H,22,23). The summed E-state index contributed by atoms with van der Waals surface area (Å²) in [5.74, 6) is 0.183. The maximum absolute atomic E-state index is 12.8. The highest BCUT2D eigenvalue weighted by molar-refractivity contribution is 5.92. The van der Waals surface area contributed by atoms with Gasteiger partial charge in [0, 0.05) is 31.4 Å². The van der Waals surface area contributed by atoms with E-state index in [0.29, 0.717) is 11.6 Å². The third kappa shape index (κ3) is 3.39. The first kappa shape index (κ1) is 16.5. The maximum Gasteiger partial charge on any atom is 0.272 e. The van der Waals surface area contributed by atoms with Gasteiger partial charge in [-0.05, 0) is 30.7 Å². The third-order valence-electron chi connectivity index (χ3n) is 4.77. The molecule has 0 bridgehead atoms. The first-order chi connectivity index (χ1) is 12.7. The van der Waals surface area contributed by atoms with Gasteiger partial charge in [-0.25, -0.2) is 0 Å². The second-order valence-electron chi connectivity index (χ2n) is 6.63. The number of nitrogens with zero attached hydrogens (tertiary/aromatic N) is 3. The highest BCUT2D eigenvalue weighted by Gasteiger charge is 2.24. The minimum absolute atomic E-state index is 0.210. The molecule has 4 rings (SSSR count). The fourth-order valence-electron chi connectivity index (χ4n) is 3.35. The Hall–Kier alpha value is -2.93. The number of H-pyrrole nitrogens is 1. The van der Waals surface area contributed by atoms with Gasteiger partial charge in [-0.1, -0.05) is 30.3 Å². The van der Waals surface area contributed by atoms with Crippen LogP contribution < -0.4 is 10.6 Å². The molecule has 134 valence electrons. The van der Waals surface area contributed by atoms with Gasteiger partial charge in [-0.15, -0.1) is 0 Å². The van der Waals surface area contributed by atoms with Crippen molar-refractivity contribution in [3.63, 3.8) is 0 Å². The topological polar surface area (TPSA) is 87.6 Å². The summed E-state index contributed by atoms with van der Waals surface area (Å²) in [6, 6.07) is 13.3. The van der Waals surface area contributed by atoms with Crippen LogP contribution in [-0.2, 0) is 7.05 Å². The Morgan fingerprint density at radius 1 is 1.31 bits per heavy atom. The Morgan fingerprint density at radius 3 is 2.85 bits per heavy atom. The van der Waals surface area contributed by atoms with Crippen molar-refractivity contribution in [3.05, 3.63) is 71.3 Å². The Kier molecular flexibility index (Phi) is 4.53. The third-order valence-corrected chi connectivity index (χ3v) is 4.77. The molecular formula is C19H22N6O. The summed E-state index contributed by atoms with van der Waals surface area (Å²) in [6.07, 6.45) is 2.93. The van der Waals surface area contributed by atoms with Gasteiger partial charge < -0.3 is 10.6 Å². The van der Waals surface area contributed by atoms with Gasteiger partial charge in [-0.3, -0.25) is 14.6 Å². The first-order valence-electron chi connectivity index (χ1n) is 8.82. The van der Waals surface area contributed by atoms with Crippen LogP contribution in [-0.4, -0.2) is 39.0 Å². The fraction of sp³-hybridized carbons (Fsp3) is 0.316. The monoisotopic (exact) mass is 350 g/mol. The van der Waals surface area contributed by atoms with Crippen molar-refractivity contribution in [1.82, 2.24) is 30.6 Å². The molecule has 7 heteroatoms. The number of aryl methyl sites for hydroxylation is 1. The molecule has 2 atom stereocenters. The first-order valence-corrected chi connectivity index (χ1v) is 8.82. The average molecular weight is 350 g/mol. The van der Waals surface area contributed by atoms with Crippen molar-refractivity contribution in [3.8, 4) is 0 Å². The van der Waals surface area contributed by atoms with E-state index < -0.39 is 0 Å². The van der Waals surface area contributed by atoms with Crippen LogP contribution >= 0.6 is 0 Å². The number of aromatic nitrogens is 4. The second-order valence-corrected chi connectivity index (χ2v) is 6.63. The predicted octanol–water partition coefficient (Wildman–Crippen LogP) is 1.74. The van der Waals surface area contributed by atoms with Crippen LogP contribution in [0.25, 0.3) is 0 Å². The Bertz CT molecular complexity index is 878. The lowest BCUT2D eigenvalue weighted by molar-refractivity contribution is 0.0937. The van der Waals surface area contributed by atoms with Crippen LogP contribution in [0.5, 0.6) is 0 Å². The molecule has 0 aliphatic carbocycles. The summed E-state index contributed by atoms with van der Waals surface area (Å²) in [4.78, 5) is 12.8. The van der Waals surface area contributed by atoms with E-state index in [1.54, 1.807) is 4.68 Å². The van der Waals surface area contributed by atoms with Crippen LogP contribution in [0.15, 0.2) is 48.7 Å². The van der Waals surface area contributed by atoms with Crippen molar-refractivity contribution < 1.29 is 4.79 Å². The number of aromatic amines is 1. The van der Waals surface area contributed by atoms with Gasteiger partial charge >= 0.3 is 0 Å². The summed E-state index contributed by atoms with van der Waals surface area (Å²) in [7, 11) is 1.86. The maximum atomic E-state index is 12.8. The molecule has 2 aromatic heterocycles. The van der Waals surface area contributed by atoms with Crippen LogP contribution in [0.2, 0.25) is 0 Å². The zero-order valence-electron chi connectivity index (χ0n) is 14.6. The van der Waals surface area contributed by atoms with Crippen molar-refractivity contribution >= 4 is 5.91 Å². The van der Waals surface area contributed by atoms with Crippen LogP contribution in [0.3, 0.4) is 0 Å². The summed E-state index contributed by atoms with van der Waals surface area (Å²) in [6.45, 7) is 1.92. The van der Waals surface area contributed by atoms with Crippen molar-refractivity contribution in [2.24, 2.45) is 7.05 Å². The molecule has 1 aliphatic rings. The van der Waals surface area contributed by atoms with Crippen LogP contribution in [0.1, 0.15) is 45.8 Å². The lowest BCUT2D eigenvalue weighted by Crippen LogP contribution is -2.30. The molecule has 3 aromatic rings. The Morgan fingerprint density at radius 2 is 2.15 bits per heavy atom. The number of carbonyl (C=O) groups excluding carboxylic acids is 1. The molecule has 1 amide bonds. The lowest BCUT2D eigenvalue weighted by Gasteiger charge is -2.16. The van der Waals surface area contributed by atoms with Gasteiger partial charge in [0.1, 0.15) is 5.69 Å². The molecule has 1 fully saturated rings. The van der Waals surface area contributed by atoms with Gasteiger partial charge in [0.2, 0.25) is 0 Å². The smallest absolute Gasteiger partial charge is 0.272 e. The summed E-state index contributed by atoms with van der Waals surface area (Å²) in [5.41, 5.74) is 3.19. The molecule has 0 saturated carbocycles. The molecule has 7 nitrogen and oxygen atoms in total. The van der Waals surface area contributed by atoms with E-state index in [2.05, 4.69) is 25.9 Å². The Labute approximate surface area is 151 Å². The quantitative estimate of drug-likeness (QED) is 0.654. The minimum Gasteiger partial charge on any atom is -0.338 e. The number of hydrogen-bond donors (Lipinski definition) is 3. The molecular weight excluding hydrogens is 328 g/mol. The van der Waals surface area contributed by atoms with Gasteiger partial charge in [0.15, 0.2) is 0 Å². The molecule has 3 heterocycles. The summed E-state index contributed by atoms with van der Waals surface area (Å²) >= 11 is 0. The minimum atomic E-state index is -0.321. The van der Waals surface area contributed by atoms with Crippen LogP contribution in [0.4, 0.5) is 0 Å². The zero-order chi connectivity index (χ0) is 17.9. The number of nitrogens with one attached hydrogen (secondary N) is 3. The highest BCUT2D eigenvalue weighted by atomic mass is 16.2. The molecule has 1 aliphatic heterocycles. The van der Waals surface area contributed by atoms with Crippen molar-refractivity contribution in [1.29, 1.82) is 0 Å². The number of amides is 1. The highest BCUT2D eigenvalue weighted by Crippen LogP contribution is 2.23. The summed E-state index contributed by atoms with van der Waals surface area (Å²) < 4.78 is 1.73. The largest absolute Gasteiger partial charge is 0.338 e. The number of hydrogen-bond acceptors (Lipinski definition) is 4. The molecule has 2 unspecified atom stereocenters. The molecule has 1 aromatic carbocycles. The number of benzene rings is 1. The fourth-order valence-corrected chi connectivity index (χ4v) is 3.35. The van der Waals surface area contributed by atoms with Gasteiger partial charge in [0.05, 0.1) is 11.7 Å². The van der Waals surface area contributed by atoms with E-state index in [1.807, 2.05) is 55.7 Å². The van der Waals surface area contributed by atoms with Crippen molar-refractivity contribution in [2.45, 2.75) is 18.4 Å². The number of carbonyl (C=O) groups is 1. The molecule has 3 N–H and O–H groups in total. The predicted molar refractivity (Wildman–Crippen MR) is 97.8 cm³/mol. The van der Waals surface area contributed by atoms with E-state index in [0.717, 1.165) is 36.5 Å². The molecule has 1 saturated heterocycles. The van der Waals surface area contributed by atoms with E-state index in [9.17, 15) is 4.79 Å². The SMILES string of the molecule is Cn1ccc(C(NC(=O)c2cc(C3CCNC3)[nH]n2)c2ccccc2)n1. The average Bonchev–Trinajstić information content (AvgIpc) is 3.41. The number of rotatable bonds is 5. The van der Waals surface area contributed by atoms with Gasteiger partial charge in [0.25, 0.3) is 5.91 Å².